The second-order valence-corrected chi connectivity index (χ2v) is 1.71. The molecule has 0 saturated carbocycles. The highest BCUT2D eigenvalue weighted by atomic mass is 16.1. The standard InChI is InChI=1S/C5H7N3O/c6-3-1-5(9)8-2-4(3)7/h1-2H,7H2,(H3,6,8,9). The van der Waals surface area contributed by atoms with Crippen molar-refractivity contribution in [3.05, 3.63) is 22.6 Å². The summed E-state index contributed by atoms with van der Waals surface area (Å²) < 4.78 is 0. The second kappa shape index (κ2) is 1.81. The second-order valence-electron chi connectivity index (χ2n) is 1.71. The molecule has 1 rings (SSSR count). The predicted octanol–water partition coefficient (Wildman–Crippen LogP) is -0.461. The molecule has 0 atom stereocenters. The normalized spacial score (nSPS) is 9.33. The Bertz CT molecular complexity index is 265. The topological polar surface area (TPSA) is 84.9 Å². The van der Waals surface area contributed by atoms with Crippen LogP contribution in [-0.4, -0.2) is 4.98 Å². The lowest BCUT2D eigenvalue weighted by atomic mass is 10.4. The van der Waals surface area contributed by atoms with Gasteiger partial charge in [-0.1, -0.05) is 0 Å². The van der Waals surface area contributed by atoms with Crippen molar-refractivity contribution in [1.29, 1.82) is 0 Å². The molecule has 0 unspecified atom stereocenters. The van der Waals surface area contributed by atoms with Crippen LogP contribution in [0.3, 0.4) is 0 Å². The van der Waals surface area contributed by atoms with E-state index >= 15 is 0 Å². The number of nitrogens with two attached hydrogens (primary N) is 2. The smallest absolute Gasteiger partial charge is 0.250 e. The fourth-order valence-electron chi connectivity index (χ4n) is 0.498. The van der Waals surface area contributed by atoms with Crippen LogP contribution in [-0.2, 0) is 0 Å². The van der Waals surface area contributed by atoms with E-state index in [-0.39, 0.29) is 5.56 Å². The summed E-state index contributed by atoms with van der Waals surface area (Å²) in [6.07, 6.45) is 1.37. The van der Waals surface area contributed by atoms with Gasteiger partial charge in [0, 0.05) is 12.3 Å². The molecule has 1 aromatic heterocycles. The van der Waals surface area contributed by atoms with E-state index in [0.717, 1.165) is 0 Å². The summed E-state index contributed by atoms with van der Waals surface area (Å²) in [6, 6.07) is 1.25. The van der Waals surface area contributed by atoms with E-state index in [1.165, 1.54) is 12.3 Å². The van der Waals surface area contributed by atoms with Crippen LogP contribution in [0, 0.1) is 0 Å². The number of aromatic amines is 1. The molecule has 0 saturated heterocycles. The van der Waals surface area contributed by atoms with Crippen molar-refractivity contribution in [3.8, 4) is 0 Å². The zero-order chi connectivity index (χ0) is 6.85. The molecule has 0 bridgehead atoms. The number of anilines is 2. The Kier molecular flexibility index (Phi) is 1.14. The quantitative estimate of drug-likeness (QED) is 0.438. The number of aromatic nitrogens is 1. The number of rotatable bonds is 0. The van der Waals surface area contributed by atoms with E-state index in [2.05, 4.69) is 4.98 Å². The highest BCUT2D eigenvalue weighted by Crippen LogP contribution is 2.05. The van der Waals surface area contributed by atoms with Gasteiger partial charge in [0.25, 0.3) is 0 Å². The van der Waals surface area contributed by atoms with E-state index in [4.69, 9.17) is 11.5 Å². The van der Waals surface area contributed by atoms with Gasteiger partial charge in [0.2, 0.25) is 5.56 Å². The fraction of sp³-hybridized carbons (Fsp3) is 0. The van der Waals surface area contributed by atoms with Gasteiger partial charge in [-0.3, -0.25) is 4.79 Å². The lowest BCUT2D eigenvalue weighted by molar-refractivity contribution is 1.25. The van der Waals surface area contributed by atoms with Crippen molar-refractivity contribution >= 4 is 11.4 Å². The van der Waals surface area contributed by atoms with Crippen molar-refractivity contribution in [3.63, 3.8) is 0 Å². The molecule has 0 radical (unpaired) electrons. The lowest BCUT2D eigenvalue weighted by Crippen LogP contribution is -2.07. The molecular weight excluding hydrogens is 118 g/mol. The minimum atomic E-state index is -0.235. The van der Waals surface area contributed by atoms with Gasteiger partial charge in [0.15, 0.2) is 0 Å². The van der Waals surface area contributed by atoms with Gasteiger partial charge >= 0.3 is 0 Å². The summed E-state index contributed by atoms with van der Waals surface area (Å²) in [6.45, 7) is 0. The third kappa shape index (κ3) is 1.02. The van der Waals surface area contributed by atoms with Crippen LogP contribution in [0.2, 0.25) is 0 Å². The van der Waals surface area contributed by atoms with Crippen LogP contribution in [0.5, 0.6) is 0 Å². The summed E-state index contributed by atoms with van der Waals surface area (Å²) in [5, 5.41) is 0. The van der Waals surface area contributed by atoms with Gasteiger partial charge in [-0.2, -0.15) is 0 Å². The van der Waals surface area contributed by atoms with Gasteiger partial charge < -0.3 is 16.5 Å². The van der Waals surface area contributed by atoms with Crippen LogP contribution in [0.4, 0.5) is 11.4 Å². The maximum absolute atomic E-state index is 10.5. The summed E-state index contributed by atoms with van der Waals surface area (Å²) in [7, 11) is 0. The first-order valence-corrected chi connectivity index (χ1v) is 2.44. The average molecular weight is 125 g/mol. The first-order valence-electron chi connectivity index (χ1n) is 2.44. The van der Waals surface area contributed by atoms with Crippen molar-refractivity contribution in [1.82, 2.24) is 4.98 Å². The Balaban J connectivity index is 3.34. The summed E-state index contributed by atoms with van der Waals surface area (Å²) in [5.41, 5.74) is 11.1. The number of hydrogen-bond donors (Lipinski definition) is 3. The summed E-state index contributed by atoms with van der Waals surface area (Å²) >= 11 is 0. The molecule has 5 N–H and O–H groups in total. The van der Waals surface area contributed by atoms with Gasteiger partial charge in [-0.25, -0.2) is 0 Å². The molecule has 4 heteroatoms. The molecule has 48 valence electrons. The highest BCUT2D eigenvalue weighted by Gasteiger charge is 1.90. The zero-order valence-electron chi connectivity index (χ0n) is 4.72. The molecule has 0 aliphatic carbocycles. The third-order valence-corrected chi connectivity index (χ3v) is 0.990. The number of nitrogen functional groups attached to an aromatic ring is 2. The fourth-order valence-corrected chi connectivity index (χ4v) is 0.498. The monoisotopic (exact) mass is 125 g/mol. The SMILES string of the molecule is Nc1c[nH]c(=O)cc1N. The van der Waals surface area contributed by atoms with Crippen LogP contribution in [0.1, 0.15) is 0 Å². The minimum absolute atomic E-state index is 0.235. The third-order valence-electron chi connectivity index (χ3n) is 0.990. The van der Waals surface area contributed by atoms with E-state index < -0.39 is 0 Å². The maximum atomic E-state index is 10.5. The first-order chi connectivity index (χ1) is 4.20. The number of H-pyrrole nitrogens is 1. The van der Waals surface area contributed by atoms with Gasteiger partial charge in [-0.15, -0.1) is 0 Å². The average Bonchev–Trinajstić information content (AvgIpc) is 1.80. The van der Waals surface area contributed by atoms with Crippen molar-refractivity contribution in [2.45, 2.75) is 0 Å². The maximum Gasteiger partial charge on any atom is 0.250 e. The molecule has 0 fully saturated rings. The molecule has 0 amide bonds. The van der Waals surface area contributed by atoms with Crippen molar-refractivity contribution in [2.75, 3.05) is 11.5 Å². The van der Waals surface area contributed by atoms with Gasteiger partial charge in [0.1, 0.15) is 0 Å². The van der Waals surface area contributed by atoms with E-state index in [0.29, 0.717) is 11.4 Å². The Morgan fingerprint density at radius 2 is 2.00 bits per heavy atom. The van der Waals surface area contributed by atoms with Crippen LogP contribution in [0.25, 0.3) is 0 Å². The lowest BCUT2D eigenvalue weighted by Gasteiger charge is -1.93. The molecule has 0 aromatic carbocycles. The predicted molar refractivity (Wildman–Crippen MR) is 35.9 cm³/mol. The number of nitrogens with one attached hydrogen (secondary N) is 1. The van der Waals surface area contributed by atoms with Gasteiger partial charge in [-0.05, 0) is 0 Å². The largest absolute Gasteiger partial charge is 0.397 e. The van der Waals surface area contributed by atoms with Crippen LogP contribution >= 0.6 is 0 Å². The highest BCUT2D eigenvalue weighted by molar-refractivity contribution is 5.60. The number of pyridine rings is 1. The Labute approximate surface area is 51.5 Å². The van der Waals surface area contributed by atoms with Crippen LogP contribution < -0.4 is 17.0 Å². The molecule has 4 nitrogen and oxygen atoms in total. The number of hydrogen-bond acceptors (Lipinski definition) is 3. The first kappa shape index (κ1) is 5.68. The minimum Gasteiger partial charge on any atom is -0.397 e. The van der Waals surface area contributed by atoms with E-state index in [1.54, 1.807) is 0 Å². The molecule has 1 heterocycles. The molecule has 0 spiro atoms. The van der Waals surface area contributed by atoms with E-state index in [1.807, 2.05) is 0 Å². The molecule has 1 aromatic rings. The van der Waals surface area contributed by atoms with Crippen LogP contribution in [0.15, 0.2) is 17.1 Å². The molecule has 9 heavy (non-hydrogen) atoms. The Morgan fingerprint density at radius 3 is 2.44 bits per heavy atom. The van der Waals surface area contributed by atoms with E-state index in [9.17, 15) is 4.79 Å². The molecule has 0 aliphatic rings. The van der Waals surface area contributed by atoms with Gasteiger partial charge in [0.05, 0.1) is 11.4 Å². The molecule has 0 aliphatic heterocycles. The Morgan fingerprint density at radius 1 is 1.33 bits per heavy atom. The summed E-state index contributed by atoms with van der Waals surface area (Å²) in [4.78, 5) is 12.8. The Hall–Kier alpha value is -1.45. The molecular formula is C5H7N3O. The van der Waals surface area contributed by atoms with Crippen molar-refractivity contribution in [2.24, 2.45) is 0 Å². The van der Waals surface area contributed by atoms with Crippen molar-refractivity contribution < 1.29 is 0 Å². The summed E-state index contributed by atoms with van der Waals surface area (Å²) in [5.74, 6) is 0. The zero-order valence-corrected chi connectivity index (χ0v) is 4.72.